The van der Waals surface area contributed by atoms with Gasteiger partial charge in [-0.15, -0.1) is 0 Å². The average molecular weight is 361 g/mol. The Morgan fingerprint density at radius 2 is 1.17 bits per heavy atom. The topological polar surface area (TPSA) is 34.1 Å². The fraction of sp³-hybridized carbons (Fsp3) is 0.600. The van der Waals surface area contributed by atoms with Crippen molar-refractivity contribution in [1.82, 2.24) is 0 Å². The molecule has 7 heteroatoms. The molecule has 0 unspecified atom stereocenters. The van der Waals surface area contributed by atoms with Gasteiger partial charge in [-0.2, -0.15) is 0 Å². The van der Waals surface area contributed by atoms with E-state index in [1.165, 1.54) is 13.8 Å². The fourth-order valence-corrected chi connectivity index (χ4v) is 0.351. The molecule has 0 radical (unpaired) electrons. The van der Waals surface area contributed by atoms with E-state index in [0.29, 0.717) is 0 Å². The van der Waals surface area contributed by atoms with E-state index in [1.54, 1.807) is 0 Å². The molecule has 0 aromatic carbocycles. The summed E-state index contributed by atoms with van der Waals surface area (Å²) in [6.07, 6.45) is 0.0833. The summed E-state index contributed by atoms with van der Waals surface area (Å²) in [6, 6.07) is 0. The number of ketones is 2. The molecule has 0 saturated carbocycles. The van der Waals surface area contributed by atoms with E-state index in [1.807, 2.05) is 0 Å². The van der Waals surface area contributed by atoms with Gasteiger partial charge in [0.2, 0.25) is 0 Å². The summed E-state index contributed by atoms with van der Waals surface area (Å²) < 4.78 is 0. The van der Waals surface area contributed by atoms with Crippen LogP contribution in [0, 0.1) is 0 Å². The van der Waals surface area contributed by atoms with E-state index in [2.05, 4.69) is 0 Å². The van der Waals surface area contributed by atoms with E-state index in [0.717, 1.165) is 0 Å². The van der Waals surface area contributed by atoms with E-state index >= 15 is 0 Å². The van der Waals surface area contributed by atoms with Gasteiger partial charge in [-0.25, -0.2) is 0 Å². The molecular weight excluding hydrogens is 353 g/mol. The van der Waals surface area contributed by atoms with Crippen molar-refractivity contribution in [3.8, 4) is 0 Å². The standard InChI is InChI=1S/C5H8O2.4ClH.Sn/c1-4(6)3-5(2)7;;;;;/h3H2,1-2H3;4*1H;/q;;;;;+4/p-4. The van der Waals surface area contributed by atoms with Crippen LogP contribution in [0.1, 0.15) is 20.3 Å². The Labute approximate surface area is 90.2 Å². The van der Waals surface area contributed by atoms with Crippen LogP contribution in [0.4, 0.5) is 0 Å². The normalized spacial score (nSPS) is 9.83. The zero-order valence-corrected chi connectivity index (χ0v) is 12.4. The molecule has 0 heterocycles. The summed E-state index contributed by atoms with van der Waals surface area (Å²) in [6.45, 7) is 2.81. The van der Waals surface area contributed by atoms with Crippen molar-refractivity contribution in [2.45, 2.75) is 20.3 Å². The van der Waals surface area contributed by atoms with Crippen LogP contribution in [0.25, 0.3) is 0 Å². The molecule has 0 aliphatic heterocycles. The Kier molecular flexibility index (Phi) is 10.1. The van der Waals surface area contributed by atoms with Crippen LogP contribution in [-0.2, 0) is 9.59 Å². The van der Waals surface area contributed by atoms with Gasteiger partial charge < -0.3 is 0 Å². The van der Waals surface area contributed by atoms with Crippen molar-refractivity contribution < 1.29 is 9.59 Å². The molecule has 0 saturated heterocycles. The second kappa shape index (κ2) is 7.68. The molecule has 0 rings (SSSR count). The zero-order chi connectivity index (χ0) is 10.4. The first-order chi connectivity index (χ1) is 5.13. The molecule has 2 nitrogen and oxygen atoms in total. The Balaban J connectivity index is 0. The van der Waals surface area contributed by atoms with Crippen molar-refractivity contribution in [3.05, 3.63) is 0 Å². The minimum absolute atomic E-state index is 0.0625. The molecule has 0 atom stereocenters. The van der Waals surface area contributed by atoms with Gasteiger partial charge in [0.15, 0.2) is 0 Å². The maximum absolute atomic E-state index is 10.0. The SMILES string of the molecule is CC(=O)CC(C)=O.[Cl][Sn]([Cl])([Cl])[Cl]. The Morgan fingerprint density at radius 1 is 1.00 bits per heavy atom. The second-order valence-electron chi connectivity index (χ2n) is 2.01. The van der Waals surface area contributed by atoms with Crippen LogP contribution < -0.4 is 0 Å². The van der Waals surface area contributed by atoms with Crippen LogP contribution >= 0.6 is 35.7 Å². The van der Waals surface area contributed by atoms with Gasteiger partial charge in [0.25, 0.3) is 0 Å². The molecule has 72 valence electrons. The Hall–Kier alpha value is 1.30. The minimum atomic E-state index is -3.29. The summed E-state index contributed by atoms with van der Waals surface area (Å²) in [5.41, 5.74) is 0. The summed E-state index contributed by atoms with van der Waals surface area (Å²) >= 11 is -3.29. The van der Waals surface area contributed by atoms with Crippen LogP contribution in [0.3, 0.4) is 0 Å². The molecule has 0 amide bonds. The molecule has 0 bridgehead atoms. The summed E-state index contributed by atoms with van der Waals surface area (Å²) in [7, 11) is 20.1. The molecule has 0 fully saturated rings. The number of Topliss-reactive ketones (excluding diaryl/α,β-unsaturated/α-hetero) is 2. The molecule has 0 aromatic heterocycles. The first kappa shape index (κ1) is 15.8. The van der Waals surface area contributed by atoms with Crippen molar-refractivity contribution in [1.29, 1.82) is 0 Å². The molecule has 0 spiro atoms. The molecule has 0 aromatic rings. The van der Waals surface area contributed by atoms with Crippen LogP contribution in [0.5, 0.6) is 0 Å². The fourth-order valence-electron chi connectivity index (χ4n) is 0.351. The van der Waals surface area contributed by atoms with Gasteiger partial charge in [-0.05, 0) is 13.8 Å². The van der Waals surface area contributed by atoms with Gasteiger partial charge in [0, 0.05) is 0 Å². The predicted molar refractivity (Wildman–Crippen MR) is 55.1 cm³/mol. The molecule has 12 heavy (non-hydrogen) atoms. The first-order valence-corrected chi connectivity index (χ1v) is 17.3. The first-order valence-electron chi connectivity index (χ1n) is 2.87. The van der Waals surface area contributed by atoms with E-state index < -0.39 is 13.9 Å². The third kappa shape index (κ3) is 42.7. The van der Waals surface area contributed by atoms with Gasteiger partial charge in [-0.1, -0.05) is 0 Å². The van der Waals surface area contributed by atoms with E-state index in [4.69, 9.17) is 35.7 Å². The van der Waals surface area contributed by atoms with Crippen LogP contribution in [-0.4, -0.2) is 25.4 Å². The van der Waals surface area contributed by atoms with Gasteiger partial charge in [0.05, 0.1) is 6.42 Å². The second-order valence-corrected chi connectivity index (χ2v) is 27.5. The number of halogens is 4. The molecule has 0 aliphatic rings. The summed E-state index contributed by atoms with van der Waals surface area (Å²) in [5.74, 6) is -0.125. The number of hydrogen-bond donors (Lipinski definition) is 0. The number of carbonyl (C=O) groups excluding carboxylic acids is 2. The number of rotatable bonds is 2. The van der Waals surface area contributed by atoms with Crippen LogP contribution in [0.15, 0.2) is 0 Å². The van der Waals surface area contributed by atoms with Gasteiger partial charge >= 0.3 is 49.6 Å². The van der Waals surface area contributed by atoms with E-state index in [-0.39, 0.29) is 18.0 Å². The van der Waals surface area contributed by atoms with Crippen molar-refractivity contribution in [2.75, 3.05) is 0 Å². The summed E-state index contributed by atoms with van der Waals surface area (Å²) in [5, 5.41) is 0. The van der Waals surface area contributed by atoms with Gasteiger partial charge in [-0.3, -0.25) is 9.59 Å². The summed E-state index contributed by atoms with van der Waals surface area (Å²) in [4.78, 5) is 20.1. The zero-order valence-electron chi connectivity index (χ0n) is 6.54. The number of carbonyl (C=O) groups is 2. The maximum atomic E-state index is 10.0. The van der Waals surface area contributed by atoms with E-state index in [9.17, 15) is 9.59 Å². The van der Waals surface area contributed by atoms with Crippen molar-refractivity contribution >= 4 is 61.1 Å². The third-order valence-corrected chi connectivity index (χ3v) is 0.498. The molecule has 0 N–H and O–H groups in total. The van der Waals surface area contributed by atoms with Crippen molar-refractivity contribution in [2.24, 2.45) is 0 Å². The van der Waals surface area contributed by atoms with Crippen LogP contribution in [0.2, 0.25) is 0 Å². The Morgan fingerprint density at radius 3 is 1.17 bits per heavy atom. The van der Waals surface area contributed by atoms with Gasteiger partial charge in [0.1, 0.15) is 11.6 Å². The molecular formula is C5H8Cl4O2Sn. The number of hydrogen-bond acceptors (Lipinski definition) is 2. The predicted octanol–water partition coefficient (Wildman–Crippen LogP) is 2.93. The Bertz CT molecular complexity index is 147. The van der Waals surface area contributed by atoms with Crippen molar-refractivity contribution in [3.63, 3.8) is 0 Å². The monoisotopic (exact) mass is 360 g/mol. The average Bonchev–Trinajstić information content (AvgIpc) is 1.52. The molecule has 0 aliphatic carbocycles. The third-order valence-electron chi connectivity index (χ3n) is 0.498. The quantitative estimate of drug-likeness (QED) is 0.560.